The minimum absolute atomic E-state index is 0.0786. The molecular formula is C27H27N3O2. The normalized spacial score (nSPS) is 19.4. The Hall–Kier alpha value is -3.28. The second-order valence-electron chi connectivity index (χ2n) is 8.60. The molecule has 0 saturated carbocycles. The van der Waals surface area contributed by atoms with Gasteiger partial charge < -0.3 is 0 Å². The molecule has 3 aromatic rings. The largest absolute Gasteiger partial charge is 0.296 e. The summed E-state index contributed by atoms with van der Waals surface area (Å²) in [5.41, 5.74) is 3.56. The number of rotatable bonds is 6. The first-order valence-corrected chi connectivity index (χ1v) is 11.2. The molecule has 3 aromatic carbocycles. The van der Waals surface area contributed by atoms with Crippen molar-refractivity contribution >= 4 is 11.8 Å². The van der Waals surface area contributed by atoms with Crippen LogP contribution in [0.3, 0.4) is 0 Å². The topological polar surface area (TPSA) is 43.9 Å². The molecule has 0 radical (unpaired) electrons. The van der Waals surface area contributed by atoms with Crippen molar-refractivity contribution in [2.45, 2.75) is 19.1 Å². The fourth-order valence-electron chi connectivity index (χ4n) is 4.76. The molecule has 0 spiro atoms. The van der Waals surface area contributed by atoms with Gasteiger partial charge in [-0.2, -0.15) is 0 Å². The Balaban J connectivity index is 1.35. The fraction of sp³-hybridized carbons (Fsp3) is 0.259. The zero-order valence-corrected chi connectivity index (χ0v) is 18.1. The molecule has 0 N–H and O–H groups in total. The van der Waals surface area contributed by atoms with Gasteiger partial charge in [-0.1, -0.05) is 72.8 Å². The Kier molecular flexibility index (Phi) is 5.84. The molecule has 1 unspecified atom stereocenters. The lowest BCUT2D eigenvalue weighted by Crippen LogP contribution is -2.56. The van der Waals surface area contributed by atoms with E-state index in [0.717, 1.165) is 32.7 Å². The maximum atomic E-state index is 13.0. The third-order valence-electron chi connectivity index (χ3n) is 6.44. The van der Waals surface area contributed by atoms with Crippen LogP contribution >= 0.6 is 0 Å². The van der Waals surface area contributed by atoms with Gasteiger partial charge in [-0.05, 0) is 23.3 Å². The number of hydrogen-bond acceptors (Lipinski definition) is 4. The van der Waals surface area contributed by atoms with Gasteiger partial charge in [0, 0.05) is 45.3 Å². The predicted molar refractivity (Wildman–Crippen MR) is 124 cm³/mol. The molecule has 0 bridgehead atoms. The average molecular weight is 426 g/mol. The quantitative estimate of drug-likeness (QED) is 0.566. The van der Waals surface area contributed by atoms with Gasteiger partial charge in [-0.3, -0.25) is 24.3 Å². The number of fused-ring (bicyclic) bond motifs is 1. The first-order chi connectivity index (χ1) is 15.7. The van der Waals surface area contributed by atoms with Crippen LogP contribution in [0.15, 0.2) is 84.9 Å². The Morgan fingerprint density at radius 1 is 0.656 bits per heavy atom. The highest BCUT2D eigenvalue weighted by atomic mass is 16.2. The van der Waals surface area contributed by atoms with E-state index < -0.39 is 0 Å². The van der Waals surface area contributed by atoms with E-state index in [1.54, 1.807) is 12.1 Å². The van der Waals surface area contributed by atoms with Gasteiger partial charge in [0.2, 0.25) is 0 Å². The molecule has 5 heteroatoms. The van der Waals surface area contributed by atoms with Gasteiger partial charge in [0.1, 0.15) is 0 Å². The summed E-state index contributed by atoms with van der Waals surface area (Å²) in [7, 11) is 0. The number of amides is 2. The van der Waals surface area contributed by atoms with Crippen LogP contribution in [0.5, 0.6) is 0 Å². The summed E-state index contributed by atoms with van der Waals surface area (Å²) in [5, 5.41) is 0. The number of imide groups is 1. The number of benzene rings is 3. The van der Waals surface area contributed by atoms with Crippen LogP contribution in [0, 0.1) is 0 Å². The van der Waals surface area contributed by atoms with Gasteiger partial charge in [0.05, 0.1) is 11.1 Å². The molecule has 0 aliphatic carbocycles. The van der Waals surface area contributed by atoms with Crippen LogP contribution in [0.2, 0.25) is 0 Å². The van der Waals surface area contributed by atoms with E-state index >= 15 is 0 Å². The van der Waals surface area contributed by atoms with Crippen LogP contribution in [0.4, 0.5) is 0 Å². The highest BCUT2D eigenvalue weighted by molar-refractivity contribution is 6.21. The minimum atomic E-state index is -0.176. The zero-order valence-electron chi connectivity index (χ0n) is 18.1. The minimum Gasteiger partial charge on any atom is -0.296 e. The van der Waals surface area contributed by atoms with E-state index in [9.17, 15) is 9.59 Å². The molecule has 1 saturated heterocycles. The maximum Gasteiger partial charge on any atom is 0.261 e. The van der Waals surface area contributed by atoms with Crippen LogP contribution in [-0.2, 0) is 13.1 Å². The summed E-state index contributed by atoms with van der Waals surface area (Å²) in [6, 6.07) is 28.1. The molecule has 2 heterocycles. The van der Waals surface area contributed by atoms with E-state index in [0.29, 0.717) is 17.7 Å². The van der Waals surface area contributed by atoms with Crippen LogP contribution in [-0.4, -0.2) is 58.7 Å². The molecule has 1 fully saturated rings. The third-order valence-corrected chi connectivity index (χ3v) is 6.44. The highest BCUT2D eigenvalue weighted by Crippen LogP contribution is 2.25. The Bertz CT molecular complexity index is 1070. The van der Waals surface area contributed by atoms with Crippen molar-refractivity contribution < 1.29 is 9.59 Å². The van der Waals surface area contributed by atoms with Gasteiger partial charge in [0.15, 0.2) is 0 Å². The lowest BCUT2D eigenvalue weighted by molar-refractivity contribution is 0.0357. The van der Waals surface area contributed by atoms with Crippen LogP contribution in [0.1, 0.15) is 31.8 Å². The summed E-state index contributed by atoms with van der Waals surface area (Å²) in [6.45, 7) is 4.77. The smallest absolute Gasteiger partial charge is 0.261 e. The van der Waals surface area contributed by atoms with E-state index in [1.165, 1.54) is 16.0 Å². The lowest BCUT2D eigenvalue weighted by atomic mass is 10.1. The van der Waals surface area contributed by atoms with Crippen LogP contribution < -0.4 is 0 Å². The molecule has 0 aromatic heterocycles. The molecule has 162 valence electrons. The molecule has 2 aliphatic heterocycles. The molecule has 2 aliphatic rings. The lowest BCUT2D eigenvalue weighted by Gasteiger charge is -2.42. The highest BCUT2D eigenvalue weighted by Gasteiger charge is 2.38. The van der Waals surface area contributed by atoms with Crippen molar-refractivity contribution in [3.05, 3.63) is 107 Å². The second-order valence-corrected chi connectivity index (χ2v) is 8.60. The van der Waals surface area contributed by atoms with E-state index in [-0.39, 0.29) is 17.9 Å². The summed E-state index contributed by atoms with van der Waals surface area (Å²) in [4.78, 5) is 32.3. The average Bonchev–Trinajstić information content (AvgIpc) is 3.07. The molecule has 2 amide bonds. The predicted octanol–water partition coefficient (Wildman–Crippen LogP) is 3.67. The van der Waals surface area contributed by atoms with Crippen molar-refractivity contribution in [2.24, 2.45) is 0 Å². The van der Waals surface area contributed by atoms with Crippen molar-refractivity contribution in [3.8, 4) is 0 Å². The van der Waals surface area contributed by atoms with Gasteiger partial charge in [0.25, 0.3) is 11.8 Å². The molecule has 5 nitrogen and oxygen atoms in total. The molecule has 5 rings (SSSR count). The van der Waals surface area contributed by atoms with Crippen molar-refractivity contribution in [1.82, 2.24) is 14.7 Å². The van der Waals surface area contributed by atoms with Crippen molar-refractivity contribution in [2.75, 3.05) is 26.2 Å². The number of carbonyl (C=O) groups excluding carboxylic acids is 2. The number of nitrogens with zero attached hydrogens (tertiary/aromatic N) is 3. The van der Waals surface area contributed by atoms with E-state index in [1.807, 2.05) is 24.3 Å². The summed E-state index contributed by atoms with van der Waals surface area (Å²) >= 11 is 0. The van der Waals surface area contributed by atoms with Gasteiger partial charge in [-0.15, -0.1) is 0 Å². The second kappa shape index (κ2) is 9.07. The molecule has 1 atom stereocenters. The summed E-state index contributed by atoms with van der Waals surface area (Å²) in [5.74, 6) is -0.351. The summed E-state index contributed by atoms with van der Waals surface area (Å²) < 4.78 is 0. The Labute approximate surface area is 188 Å². The van der Waals surface area contributed by atoms with E-state index in [4.69, 9.17) is 0 Å². The third kappa shape index (κ3) is 4.22. The number of piperazine rings is 1. The SMILES string of the molecule is O=C1c2ccccc2C(=O)N1CC1CN(Cc2ccccc2)CCN1Cc1ccccc1. The molecule has 32 heavy (non-hydrogen) atoms. The van der Waals surface area contributed by atoms with Gasteiger partial charge in [-0.25, -0.2) is 0 Å². The fourth-order valence-corrected chi connectivity index (χ4v) is 4.76. The van der Waals surface area contributed by atoms with Crippen molar-refractivity contribution in [1.29, 1.82) is 0 Å². The summed E-state index contributed by atoms with van der Waals surface area (Å²) in [6.07, 6.45) is 0. The van der Waals surface area contributed by atoms with E-state index in [2.05, 4.69) is 58.3 Å². The number of hydrogen-bond donors (Lipinski definition) is 0. The Morgan fingerprint density at radius 2 is 1.19 bits per heavy atom. The standard InChI is InChI=1S/C27H27N3O2/c31-26-24-13-7-8-14-25(24)27(32)30(26)20-23-19-28(17-21-9-3-1-4-10-21)15-16-29(23)18-22-11-5-2-6-12-22/h1-14,23H,15-20H2. The van der Waals surface area contributed by atoms with Crippen molar-refractivity contribution in [3.63, 3.8) is 0 Å². The first kappa shape index (κ1) is 20.6. The maximum absolute atomic E-state index is 13.0. The number of carbonyl (C=O) groups is 2. The molecular weight excluding hydrogens is 398 g/mol. The monoisotopic (exact) mass is 425 g/mol. The van der Waals surface area contributed by atoms with Gasteiger partial charge >= 0.3 is 0 Å². The Morgan fingerprint density at radius 3 is 1.78 bits per heavy atom. The first-order valence-electron chi connectivity index (χ1n) is 11.2. The zero-order chi connectivity index (χ0) is 21.9. The van der Waals surface area contributed by atoms with Crippen LogP contribution in [0.25, 0.3) is 0 Å².